The number of hydrogen-bond donors (Lipinski definition) is 0. The molecule has 1 saturated carbocycles. The Kier molecular flexibility index (Phi) is 6.79. The summed E-state index contributed by atoms with van der Waals surface area (Å²) in [6.07, 6.45) is 6.33. The standard InChI is InChI=1S/C25H42N2O6/c1-17-7-8-20-18(2)21(6-5-11-26-12-14-27(15-13-26)16-22(28)29-4)30-23-25(20)19(17)9-10-24(3,31-23)32-33-25/h17-21,23H,5-16H2,1-4H3. The van der Waals surface area contributed by atoms with E-state index in [1.807, 2.05) is 6.92 Å². The van der Waals surface area contributed by atoms with Gasteiger partial charge in [-0.1, -0.05) is 13.8 Å². The Morgan fingerprint density at radius 2 is 1.79 bits per heavy atom. The molecule has 6 aliphatic rings. The Morgan fingerprint density at radius 3 is 2.55 bits per heavy atom. The Balaban J connectivity index is 1.18. The largest absolute Gasteiger partial charge is 0.468 e. The molecular formula is C25H42N2O6. The van der Waals surface area contributed by atoms with Crippen LogP contribution >= 0.6 is 0 Å². The van der Waals surface area contributed by atoms with Gasteiger partial charge < -0.3 is 19.1 Å². The van der Waals surface area contributed by atoms with Crippen LogP contribution in [0.25, 0.3) is 0 Å². The van der Waals surface area contributed by atoms with Gasteiger partial charge in [-0.2, -0.15) is 0 Å². The lowest BCUT2D eigenvalue weighted by Gasteiger charge is -2.60. The van der Waals surface area contributed by atoms with Crippen molar-refractivity contribution in [3.05, 3.63) is 0 Å². The minimum atomic E-state index is -0.702. The Labute approximate surface area is 198 Å². The van der Waals surface area contributed by atoms with Crippen molar-refractivity contribution in [3.63, 3.8) is 0 Å². The first-order valence-corrected chi connectivity index (χ1v) is 13.1. The summed E-state index contributed by atoms with van der Waals surface area (Å²) < 4.78 is 18.0. The number of rotatable bonds is 6. The number of methoxy groups -OCH3 is 1. The van der Waals surface area contributed by atoms with Gasteiger partial charge in [0.05, 0.1) is 19.8 Å². The fourth-order valence-electron chi connectivity index (χ4n) is 7.24. The van der Waals surface area contributed by atoms with Crippen LogP contribution in [0.4, 0.5) is 0 Å². The van der Waals surface area contributed by atoms with Gasteiger partial charge in [-0.3, -0.25) is 9.69 Å². The molecule has 5 aliphatic heterocycles. The molecule has 0 aromatic rings. The topological polar surface area (TPSA) is 69.7 Å². The van der Waals surface area contributed by atoms with Gasteiger partial charge in [0.1, 0.15) is 0 Å². The highest BCUT2D eigenvalue weighted by Crippen LogP contribution is 2.60. The van der Waals surface area contributed by atoms with E-state index in [0.29, 0.717) is 30.2 Å². The van der Waals surface area contributed by atoms with Gasteiger partial charge in [-0.05, 0) is 63.3 Å². The molecule has 0 aromatic carbocycles. The number of nitrogens with zero attached hydrogens (tertiary/aromatic N) is 2. The van der Waals surface area contributed by atoms with Crippen molar-refractivity contribution in [2.75, 3.05) is 46.4 Å². The number of fused-ring (bicyclic) bond motifs is 2. The molecule has 5 saturated heterocycles. The van der Waals surface area contributed by atoms with Gasteiger partial charge in [0.25, 0.3) is 0 Å². The van der Waals surface area contributed by atoms with Crippen molar-refractivity contribution < 1.29 is 28.8 Å². The number of piperazine rings is 1. The third-order valence-corrected chi connectivity index (χ3v) is 9.30. The van der Waals surface area contributed by atoms with Gasteiger partial charge in [0.2, 0.25) is 5.79 Å². The molecule has 8 unspecified atom stereocenters. The van der Waals surface area contributed by atoms with Gasteiger partial charge in [0.15, 0.2) is 11.9 Å². The summed E-state index contributed by atoms with van der Waals surface area (Å²) in [5, 5.41) is 0. The van der Waals surface area contributed by atoms with Crippen LogP contribution in [0.2, 0.25) is 0 Å². The highest BCUT2D eigenvalue weighted by molar-refractivity contribution is 5.71. The first kappa shape index (κ1) is 23.9. The Hall–Kier alpha value is -0.770. The molecule has 1 aliphatic carbocycles. The first-order valence-electron chi connectivity index (χ1n) is 13.1. The average Bonchev–Trinajstić information content (AvgIpc) is 3.04. The van der Waals surface area contributed by atoms with E-state index in [0.717, 1.165) is 64.8 Å². The molecule has 1 spiro atoms. The second-order valence-corrected chi connectivity index (χ2v) is 11.3. The van der Waals surface area contributed by atoms with Crippen LogP contribution < -0.4 is 0 Å². The van der Waals surface area contributed by atoms with E-state index in [1.165, 1.54) is 13.5 Å². The van der Waals surface area contributed by atoms with Crippen molar-refractivity contribution in [1.29, 1.82) is 0 Å². The van der Waals surface area contributed by atoms with Crippen LogP contribution in [0.5, 0.6) is 0 Å². The third-order valence-electron chi connectivity index (χ3n) is 9.30. The van der Waals surface area contributed by atoms with E-state index < -0.39 is 11.4 Å². The normalized spacial score (nSPS) is 45.9. The fourth-order valence-corrected chi connectivity index (χ4v) is 7.24. The van der Waals surface area contributed by atoms with E-state index in [1.54, 1.807) is 0 Å². The van der Waals surface area contributed by atoms with Gasteiger partial charge >= 0.3 is 5.97 Å². The predicted molar refractivity (Wildman–Crippen MR) is 121 cm³/mol. The molecule has 8 nitrogen and oxygen atoms in total. The monoisotopic (exact) mass is 466 g/mol. The van der Waals surface area contributed by atoms with E-state index in [4.69, 9.17) is 24.0 Å². The lowest BCUT2D eigenvalue weighted by Crippen LogP contribution is -2.70. The molecule has 8 heteroatoms. The number of hydrogen-bond acceptors (Lipinski definition) is 8. The fraction of sp³-hybridized carbons (Fsp3) is 0.960. The maximum Gasteiger partial charge on any atom is 0.319 e. The SMILES string of the molecule is COC(=O)CN1CCN(CCCC2OC3OC4(C)CCC5C(C)CCC(C2C)C35OO4)CC1. The zero-order valence-electron chi connectivity index (χ0n) is 20.8. The summed E-state index contributed by atoms with van der Waals surface area (Å²) in [5.74, 6) is 1.00. The number of carbonyl (C=O) groups excluding carboxylic acids is 1. The molecule has 188 valence electrons. The molecule has 33 heavy (non-hydrogen) atoms. The molecule has 8 atom stereocenters. The minimum Gasteiger partial charge on any atom is -0.468 e. The molecular weight excluding hydrogens is 424 g/mol. The van der Waals surface area contributed by atoms with Crippen molar-refractivity contribution in [3.8, 4) is 0 Å². The van der Waals surface area contributed by atoms with Crippen LogP contribution in [0, 0.1) is 23.7 Å². The maximum atomic E-state index is 11.5. The van der Waals surface area contributed by atoms with Crippen LogP contribution in [0.1, 0.15) is 59.3 Å². The molecule has 2 bridgehead atoms. The van der Waals surface area contributed by atoms with Crippen molar-refractivity contribution in [1.82, 2.24) is 9.80 Å². The molecule has 0 radical (unpaired) electrons. The lowest BCUT2D eigenvalue weighted by molar-refractivity contribution is -0.571. The van der Waals surface area contributed by atoms with E-state index >= 15 is 0 Å². The Bertz CT molecular complexity index is 715. The van der Waals surface area contributed by atoms with Gasteiger partial charge in [0, 0.05) is 38.5 Å². The zero-order chi connectivity index (χ0) is 23.2. The highest BCUT2D eigenvalue weighted by atomic mass is 17.3. The average molecular weight is 467 g/mol. The quantitative estimate of drug-likeness (QED) is 0.437. The van der Waals surface area contributed by atoms with Crippen LogP contribution in [0.15, 0.2) is 0 Å². The highest BCUT2D eigenvalue weighted by Gasteiger charge is 2.69. The molecule has 0 amide bonds. The van der Waals surface area contributed by atoms with E-state index in [9.17, 15) is 4.79 Å². The van der Waals surface area contributed by atoms with Crippen LogP contribution in [0.3, 0.4) is 0 Å². The van der Waals surface area contributed by atoms with E-state index in [2.05, 4.69) is 23.6 Å². The van der Waals surface area contributed by atoms with Gasteiger partial charge in [-0.15, -0.1) is 0 Å². The minimum absolute atomic E-state index is 0.151. The smallest absolute Gasteiger partial charge is 0.319 e. The summed E-state index contributed by atoms with van der Waals surface area (Å²) in [6, 6.07) is 0. The van der Waals surface area contributed by atoms with E-state index in [-0.39, 0.29) is 18.4 Å². The van der Waals surface area contributed by atoms with Gasteiger partial charge in [-0.25, -0.2) is 9.78 Å². The number of carbonyl (C=O) groups is 1. The second kappa shape index (κ2) is 9.36. The van der Waals surface area contributed by atoms with Crippen molar-refractivity contribution in [2.24, 2.45) is 23.7 Å². The molecule has 6 rings (SSSR count). The maximum absolute atomic E-state index is 11.5. The summed E-state index contributed by atoms with van der Waals surface area (Å²) in [4.78, 5) is 28.4. The third kappa shape index (κ3) is 4.36. The predicted octanol–water partition coefficient (Wildman–Crippen LogP) is 2.81. The summed E-state index contributed by atoms with van der Waals surface area (Å²) in [6.45, 7) is 12.0. The van der Waals surface area contributed by atoms with Crippen molar-refractivity contribution >= 4 is 5.97 Å². The molecule has 5 heterocycles. The van der Waals surface area contributed by atoms with Crippen LogP contribution in [-0.4, -0.2) is 85.9 Å². The molecule has 6 fully saturated rings. The molecule has 0 N–H and O–H groups in total. The second-order valence-electron chi connectivity index (χ2n) is 11.3. The zero-order valence-corrected chi connectivity index (χ0v) is 20.8. The lowest BCUT2D eigenvalue weighted by atomic mass is 9.57. The Morgan fingerprint density at radius 1 is 1.03 bits per heavy atom. The summed E-state index contributed by atoms with van der Waals surface area (Å²) >= 11 is 0. The summed E-state index contributed by atoms with van der Waals surface area (Å²) in [5.41, 5.74) is -0.459. The van der Waals surface area contributed by atoms with Crippen molar-refractivity contribution in [2.45, 2.75) is 83.1 Å². The summed E-state index contributed by atoms with van der Waals surface area (Å²) in [7, 11) is 1.45. The number of ether oxygens (including phenoxy) is 3. The van der Waals surface area contributed by atoms with Crippen LogP contribution in [-0.2, 0) is 28.8 Å². The molecule has 0 aromatic heterocycles. The number of esters is 1. The first-order chi connectivity index (χ1) is 15.8.